The minimum atomic E-state index is 0.367. The number of nitrogen functional groups attached to an aromatic ring is 1. The third-order valence-corrected chi connectivity index (χ3v) is 2.16. The molecule has 0 fully saturated rings. The van der Waals surface area contributed by atoms with Crippen LogP contribution in [-0.4, -0.2) is 19.7 Å². The maximum Gasteiger partial charge on any atom is 0.239 e. The Morgan fingerprint density at radius 2 is 2.21 bits per heavy atom. The molecule has 0 spiro atoms. The number of nitrogens with zero attached hydrogens (tertiary/aromatic N) is 2. The summed E-state index contributed by atoms with van der Waals surface area (Å²) in [7, 11) is 0. The normalized spacial score (nSPS) is 10.6. The number of aromatic nitrogens is 2. The fraction of sp³-hybridized carbons (Fsp3) is 0.375. The Labute approximate surface area is 96.2 Å². The number of nitrogens with one attached hydrogen (secondary N) is 1. The average Bonchev–Trinajstić information content (AvgIpc) is 2.01. The molecular weight excluding hydrogens is 293 g/mol. The van der Waals surface area contributed by atoms with Crippen molar-refractivity contribution >= 4 is 37.9 Å². The van der Waals surface area contributed by atoms with Crippen LogP contribution >= 0.6 is 22.6 Å². The zero-order chi connectivity index (χ0) is 10.7. The van der Waals surface area contributed by atoms with Crippen LogP contribution in [-0.2, 0) is 0 Å². The van der Waals surface area contributed by atoms with Gasteiger partial charge in [-0.15, -0.1) is 0 Å². The molecule has 5 nitrogen and oxygen atoms in total. The van der Waals surface area contributed by atoms with E-state index in [1.807, 2.05) is 27.9 Å². The molecule has 0 amide bonds. The van der Waals surface area contributed by atoms with E-state index in [1.165, 1.54) is 6.33 Å². The second-order valence-corrected chi connectivity index (χ2v) is 4.32. The number of halogens is 1. The molecule has 0 aliphatic heterocycles. The number of nitrogens with two attached hydrogens (primary N) is 2. The summed E-state index contributed by atoms with van der Waals surface area (Å²) in [4.78, 5) is 7.98. The van der Waals surface area contributed by atoms with E-state index in [2.05, 4.69) is 23.8 Å². The standard InChI is InChI=1S/C8H12IN5/c1-4(2)14-8-5(6(9)10)7(11)12-3-13-8/h3-4,10H,1-2H3,(H3,11,12,13,14)/p+1. The van der Waals surface area contributed by atoms with E-state index in [0.29, 0.717) is 21.1 Å². The Kier molecular flexibility index (Phi) is 3.76. The summed E-state index contributed by atoms with van der Waals surface area (Å²) >= 11 is 1.91. The van der Waals surface area contributed by atoms with Gasteiger partial charge in [-0.3, -0.25) is 10.7 Å². The van der Waals surface area contributed by atoms with Gasteiger partial charge in [0.05, 0.1) is 6.04 Å². The number of rotatable bonds is 3. The highest BCUT2D eigenvalue weighted by atomic mass is 127. The lowest BCUT2D eigenvalue weighted by atomic mass is 10.3. The molecule has 0 aliphatic rings. The van der Waals surface area contributed by atoms with Gasteiger partial charge in [-0.1, -0.05) is 0 Å². The van der Waals surface area contributed by atoms with Gasteiger partial charge in [0.25, 0.3) is 0 Å². The van der Waals surface area contributed by atoms with Crippen molar-refractivity contribution in [2.45, 2.75) is 19.9 Å². The molecule has 6 heteroatoms. The predicted octanol–water partition coefficient (Wildman–Crippen LogP) is 0.422. The zero-order valence-corrected chi connectivity index (χ0v) is 10.2. The Balaban J connectivity index is 3.14. The SMILES string of the molecule is CC(C)[NH2+]c1ncnc(N)c1C(=N)I. The minimum Gasteiger partial charge on any atom is -0.383 e. The monoisotopic (exact) mass is 306 g/mol. The van der Waals surface area contributed by atoms with E-state index in [1.54, 1.807) is 0 Å². The lowest BCUT2D eigenvalue weighted by molar-refractivity contribution is -0.606. The number of quaternary nitrogens is 1. The van der Waals surface area contributed by atoms with E-state index in [-0.39, 0.29) is 0 Å². The molecule has 0 saturated heterocycles. The second kappa shape index (κ2) is 4.65. The van der Waals surface area contributed by atoms with E-state index in [4.69, 9.17) is 11.1 Å². The fourth-order valence-corrected chi connectivity index (χ4v) is 1.63. The molecular formula is C8H13IN5+. The van der Waals surface area contributed by atoms with Crippen molar-refractivity contribution < 1.29 is 5.32 Å². The molecule has 1 aromatic rings. The van der Waals surface area contributed by atoms with E-state index < -0.39 is 0 Å². The first-order valence-electron chi connectivity index (χ1n) is 4.22. The van der Waals surface area contributed by atoms with Crippen LogP contribution in [0, 0.1) is 5.41 Å². The lowest BCUT2D eigenvalue weighted by Crippen LogP contribution is -2.83. The van der Waals surface area contributed by atoms with Crippen LogP contribution in [0.4, 0.5) is 11.6 Å². The molecule has 76 valence electrons. The van der Waals surface area contributed by atoms with Crippen molar-refractivity contribution in [1.29, 1.82) is 5.41 Å². The van der Waals surface area contributed by atoms with Gasteiger partial charge in [-0.2, -0.15) is 4.98 Å². The van der Waals surface area contributed by atoms with Crippen LogP contribution in [0.5, 0.6) is 0 Å². The molecule has 1 heterocycles. The summed E-state index contributed by atoms with van der Waals surface area (Å²) in [5.74, 6) is 1.11. The maximum absolute atomic E-state index is 7.57. The largest absolute Gasteiger partial charge is 0.383 e. The first kappa shape index (κ1) is 11.3. The van der Waals surface area contributed by atoms with Crippen LogP contribution in [0.2, 0.25) is 0 Å². The number of anilines is 1. The van der Waals surface area contributed by atoms with Gasteiger partial charge in [0.15, 0.2) is 0 Å². The highest BCUT2D eigenvalue weighted by Gasteiger charge is 2.16. The maximum atomic E-state index is 7.57. The topological polar surface area (TPSA) is 92.3 Å². The summed E-state index contributed by atoms with van der Waals surface area (Å²) in [6.45, 7) is 4.11. The summed E-state index contributed by atoms with van der Waals surface area (Å²) in [5, 5.41) is 9.54. The predicted molar refractivity (Wildman–Crippen MR) is 64.0 cm³/mol. The molecule has 14 heavy (non-hydrogen) atoms. The second-order valence-electron chi connectivity index (χ2n) is 3.24. The van der Waals surface area contributed by atoms with Gasteiger partial charge in [0.1, 0.15) is 21.4 Å². The smallest absolute Gasteiger partial charge is 0.239 e. The first-order valence-corrected chi connectivity index (χ1v) is 5.30. The van der Waals surface area contributed by atoms with Crippen molar-refractivity contribution in [3.63, 3.8) is 0 Å². The summed E-state index contributed by atoms with van der Waals surface area (Å²) in [6.07, 6.45) is 1.42. The highest BCUT2D eigenvalue weighted by molar-refractivity contribution is 14.1. The average molecular weight is 306 g/mol. The van der Waals surface area contributed by atoms with E-state index >= 15 is 0 Å². The molecule has 0 radical (unpaired) electrons. The Hall–Kier alpha value is -0.760. The third kappa shape index (κ3) is 2.61. The van der Waals surface area contributed by atoms with Crippen molar-refractivity contribution in [2.75, 3.05) is 5.73 Å². The van der Waals surface area contributed by atoms with Crippen molar-refractivity contribution in [3.8, 4) is 0 Å². The molecule has 0 aromatic carbocycles. The van der Waals surface area contributed by atoms with Gasteiger partial charge < -0.3 is 5.73 Å². The number of hydrogen-bond donors (Lipinski definition) is 3. The van der Waals surface area contributed by atoms with Gasteiger partial charge in [-0.05, 0) is 36.4 Å². The van der Waals surface area contributed by atoms with Crippen LogP contribution < -0.4 is 11.1 Å². The zero-order valence-electron chi connectivity index (χ0n) is 8.08. The molecule has 0 saturated carbocycles. The Bertz CT molecular complexity index is 350. The fourth-order valence-electron chi connectivity index (χ4n) is 1.08. The van der Waals surface area contributed by atoms with Crippen LogP contribution in [0.15, 0.2) is 6.33 Å². The molecule has 5 N–H and O–H groups in total. The minimum absolute atomic E-state index is 0.367. The molecule has 0 unspecified atom stereocenters. The van der Waals surface area contributed by atoms with Crippen LogP contribution in [0.25, 0.3) is 0 Å². The lowest BCUT2D eigenvalue weighted by Gasteiger charge is -2.08. The van der Waals surface area contributed by atoms with Gasteiger partial charge in [-0.25, -0.2) is 4.98 Å². The summed E-state index contributed by atoms with van der Waals surface area (Å²) in [5.41, 5.74) is 6.31. The van der Waals surface area contributed by atoms with Gasteiger partial charge in [0, 0.05) is 0 Å². The van der Waals surface area contributed by atoms with E-state index in [9.17, 15) is 0 Å². The molecule has 0 bridgehead atoms. The third-order valence-electron chi connectivity index (χ3n) is 1.62. The Morgan fingerprint density at radius 3 is 2.71 bits per heavy atom. The van der Waals surface area contributed by atoms with Crippen molar-refractivity contribution in [1.82, 2.24) is 9.97 Å². The quantitative estimate of drug-likeness (QED) is 0.558. The first-order chi connectivity index (χ1) is 6.52. The number of hydrogen-bond acceptors (Lipinski definition) is 4. The molecule has 0 atom stereocenters. The molecule has 0 aliphatic carbocycles. The van der Waals surface area contributed by atoms with Crippen LogP contribution in [0.1, 0.15) is 19.4 Å². The van der Waals surface area contributed by atoms with Gasteiger partial charge in [0.2, 0.25) is 5.82 Å². The highest BCUT2D eigenvalue weighted by Crippen LogP contribution is 2.16. The summed E-state index contributed by atoms with van der Waals surface area (Å²) < 4.78 is 0.368. The Morgan fingerprint density at radius 1 is 1.57 bits per heavy atom. The van der Waals surface area contributed by atoms with Crippen molar-refractivity contribution in [3.05, 3.63) is 11.9 Å². The summed E-state index contributed by atoms with van der Waals surface area (Å²) in [6, 6.07) is 0.374. The van der Waals surface area contributed by atoms with Crippen LogP contribution in [0.3, 0.4) is 0 Å². The van der Waals surface area contributed by atoms with Gasteiger partial charge >= 0.3 is 0 Å². The molecule has 1 rings (SSSR count). The van der Waals surface area contributed by atoms with Crippen molar-refractivity contribution in [2.24, 2.45) is 0 Å². The van der Waals surface area contributed by atoms with E-state index in [0.717, 1.165) is 5.82 Å². The molecule has 1 aromatic heterocycles.